The zero-order valence-electron chi connectivity index (χ0n) is 12.8. The fourth-order valence-electron chi connectivity index (χ4n) is 2.63. The first-order chi connectivity index (χ1) is 10.3. The molecule has 2 N–H and O–H groups in total. The van der Waals surface area contributed by atoms with Crippen molar-refractivity contribution in [2.75, 3.05) is 5.73 Å². The molecule has 0 saturated heterocycles. The summed E-state index contributed by atoms with van der Waals surface area (Å²) in [4.78, 5) is 4.51. The highest BCUT2D eigenvalue weighted by atomic mass is 35.5. The first kappa shape index (κ1) is 16.4. The maximum Gasteiger partial charge on any atom is 0.200 e. The second-order valence-electron chi connectivity index (χ2n) is 5.45. The van der Waals surface area contributed by atoms with Gasteiger partial charge in [-0.15, -0.1) is 12.4 Å². The van der Waals surface area contributed by atoms with Crippen molar-refractivity contribution in [1.29, 1.82) is 0 Å². The summed E-state index contributed by atoms with van der Waals surface area (Å²) in [6.45, 7) is 3.15. The van der Waals surface area contributed by atoms with Crippen molar-refractivity contribution < 1.29 is 0 Å². The van der Waals surface area contributed by atoms with Gasteiger partial charge in [-0.25, -0.2) is 4.98 Å². The third-order valence-electron chi connectivity index (χ3n) is 3.86. The molecule has 3 nitrogen and oxygen atoms in total. The second-order valence-corrected chi connectivity index (χ2v) is 5.45. The molecule has 0 spiro atoms. The Labute approximate surface area is 137 Å². The molecule has 4 heteroatoms. The summed E-state index contributed by atoms with van der Waals surface area (Å²) >= 11 is 0. The number of benzene rings is 2. The van der Waals surface area contributed by atoms with E-state index in [-0.39, 0.29) is 12.4 Å². The van der Waals surface area contributed by atoms with E-state index in [1.54, 1.807) is 0 Å². The van der Waals surface area contributed by atoms with Gasteiger partial charge in [-0.2, -0.15) is 0 Å². The van der Waals surface area contributed by atoms with Crippen LogP contribution in [0.1, 0.15) is 26.2 Å². The Balaban J connectivity index is 0.00000176. The molecule has 2 aromatic carbocycles. The van der Waals surface area contributed by atoms with E-state index in [1.807, 2.05) is 0 Å². The number of halogens is 1. The molecular formula is C18H22ClN3. The summed E-state index contributed by atoms with van der Waals surface area (Å²) in [7, 11) is 0. The lowest BCUT2D eigenvalue weighted by molar-refractivity contribution is 0.608. The van der Waals surface area contributed by atoms with Crippen LogP contribution in [0.5, 0.6) is 0 Å². The number of rotatable bonds is 5. The second kappa shape index (κ2) is 7.32. The number of hydrogen-bond acceptors (Lipinski definition) is 2. The average Bonchev–Trinajstić information content (AvgIpc) is 2.88. The van der Waals surface area contributed by atoms with E-state index < -0.39 is 0 Å². The Morgan fingerprint density at radius 2 is 1.82 bits per heavy atom. The molecule has 0 aliphatic heterocycles. The molecule has 0 radical (unpaired) electrons. The Kier molecular flexibility index (Phi) is 5.45. The van der Waals surface area contributed by atoms with Crippen LogP contribution in [-0.2, 0) is 6.54 Å². The minimum atomic E-state index is 0. The number of imidazole rings is 1. The molecule has 3 aromatic rings. The van der Waals surface area contributed by atoms with Crippen molar-refractivity contribution in [3.63, 3.8) is 0 Å². The normalized spacial score (nSPS) is 10.6. The largest absolute Gasteiger partial charge is 0.369 e. The minimum absolute atomic E-state index is 0. The predicted molar refractivity (Wildman–Crippen MR) is 96.4 cm³/mol. The van der Waals surface area contributed by atoms with Gasteiger partial charge >= 0.3 is 0 Å². The molecule has 0 atom stereocenters. The van der Waals surface area contributed by atoms with Crippen molar-refractivity contribution in [2.24, 2.45) is 0 Å². The molecule has 0 saturated carbocycles. The van der Waals surface area contributed by atoms with E-state index in [4.69, 9.17) is 5.73 Å². The van der Waals surface area contributed by atoms with Crippen LogP contribution in [0.15, 0.2) is 48.7 Å². The molecule has 1 heterocycles. The van der Waals surface area contributed by atoms with Gasteiger partial charge in [0.2, 0.25) is 5.95 Å². The molecule has 116 valence electrons. The maximum absolute atomic E-state index is 6.03. The fraction of sp³-hybridized carbons (Fsp3) is 0.278. The highest BCUT2D eigenvalue weighted by molar-refractivity contribution is 5.86. The molecule has 3 rings (SSSR count). The van der Waals surface area contributed by atoms with Crippen molar-refractivity contribution >= 4 is 29.1 Å². The number of fused-ring (bicyclic) bond motifs is 1. The van der Waals surface area contributed by atoms with Gasteiger partial charge in [0.1, 0.15) is 0 Å². The van der Waals surface area contributed by atoms with Crippen molar-refractivity contribution in [3.8, 4) is 11.3 Å². The van der Waals surface area contributed by atoms with Crippen LogP contribution in [-0.4, -0.2) is 9.55 Å². The number of unbranched alkanes of at least 4 members (excludes halogenated alkanes) is 2. The third kappa shape index (κ3) is 3.42. The maximum atomic E-state index is 6.03. The van der Waals surface area contributed by atoms with E-state index in [2.05, 4.69) is 65.1 Å². The topological polar surface area (TPSA) is 43.8 Å². The van der Waals surface area contributed by atoms with E-state index in [0.29, 0.717) is 5.95 Å². The number of hydrogen-bond donors (Lipinski definition) is 1. The van der Waals surface area contributed by atoms with Gasteiger partial charge < -0.3 is 10.3 Å². The van der Waals surface area contributed by atoms with Gasteiger partial charge in [0.05, 0.1) is 5.69 Å². The van der Waals surface area contributed by atoms with Crippen molar-refractivity contribution in [3.05, 3.63) is 48.7 Å². The van der Waals surface area contributed by atoms with Crippen LogP contribution in [0.25, 0.3) is 22.0 Å². The number of nitrogen functional groups attached to an aromatic ring is 1. The monoisotopic (exact) mass is 315 g/mol. The summed E-state index contributed by atoms with van der Waals surface area (Å²) in [5.41, 5.74) is 8.10. The van der Waals surface area contributed by atoms with Gasteiger partial charge in [-0.3, -0.25) is 0 Å². The highest BCUT2D eigenvalue weighted by Gasteiger charge is 2.07. The summed E-state index contributed by atoms with van der Waals surface area (Å²) < 4.78 is 2.06. The molecule has 0 fully saturated rings. The number of nitrogens with zero attached hydrogens (tertiary/aromatic N) is 2. The molecule has 0 aliphatic carbocycles. The molecule has 22 heavy (non-hydrogen) atoms. The Hall–Kier alpha value is -2.00. The number of anilines is 1. The van der Waals surface area contributed by atoms with E-state index in [9.17, 15) is 0 Å². The Bertz CT molecular complexity index is 749. The quantitative estimate of drug-likeness (QED) is 0.681. The number of aromatic nitrogens is 2. The predicted octanol–water partition coefficient (Wildman–Crippen LogP) is 4.90. The van der Waals surface area contributed by atoms with Crippen LogP contribution in [0.4, 0.5) is 5.95 Å². The summed E-state index contributed by atoms with van der Waals surface area (Å²) in [6, 6.07) is 14.8. The molecule has 0 bridgehead atoms. The fourth-order valence-corrected chi connectivity index (χ4v) is 2.63. The molecule has 0 aliphatic rings. The van der Waals surface area contributed by atoms with E-state index in [1.165, 1.54) is 23.6 Å². The summed E-state index contributed by atoms with van der Waals surface area (Å²) in [5, 5.41) is 2.48. The lowest BCUT2D eigenvalue weighted by atomic mass is 10.1. The van der Waals surface area contributed by atoms with Gasteiger partial charge in [0, 0.05) is 18.3 Å². The minimum Gasteiger partial charge on any atom is -0.369 e. The van der Waals surface area contributed by atoms with Crippen molar-refractivity contribution in [1.82, 2.24) is 9.55 Å². The zero-order valence-corrected chi connectivity index (χ0v) is 13.6. The van der Waals surface area contributed by atoms with Gasteiger partial charge in [0.15, 0.2) is 0 Å². The Morgan fingerprint density at radius 3 is 2.59 bits per heavy atom. The molecule has 0 unspecified atom stereocenters. The molecular weight excluding hydrogens is 294 g/mol. The lowest BCUT2D eigenvalue weighted by Gasteiger charge is -2.02. The molecule has 0 amide bonds. The Morgan fingerprint density at radius 1 is 1.05 bits per heavy atom. The molecule has 1 aromatic heterocycles. The van der Waals surface area contributed by atoms with Gasteiger partial charge in [-0.1, -0.05) is 56.2 Å². The third-order valence-corrected chi connectivity index (χ3v) is 3.86. The van der Waals surface area contributed by atoms with Gasteiger partial charge in [0.25, 0.3) is 0 Å². The summed E-state index contributed by atoms with van der Waals surface area (Å²) in [5.74, 6) is 0.606. The van der Waals surface area contributed by atoms with E-state index in [0.717, 1.165) is 24.2 Å². The lowest BCUT2D eigenvalue weighted by Crippen LogP contribution is -2.02. The standard InChI is InChI=1S/C18H21N3.ClH/c1-2-3-6-11-21-13-17(20-18(21)19)16-10-9-14-7-4-5-8-15(14)12-16;/h4-5,7-10,12-13H,2-3,6,11H2,1H3,(H2,19,20);1H. The van der Waals surface area contributed by atoms with Crippen LogP contribution in [0, 0.1) is 0 Å². The summed E-state index contributed by atoms with van der Waals surface area (Å²) in [6.07, 6.45) is 5.65. The smallest absolute Gasteiger partial charge is 0.200 e. The first-order valence-electron chi connectivity index (χ1n) is 7.60. The van der Waals surface area contributed by atoms with Crippen LogP contribution in [0.2, 0.25) is 0 Å². The first-order valence-corrected chi connectivity index (χ1v) is 7.60. The van der Waals surface area contributed by atoms with Crippen LogP contribution < -0.4 is 5.73 Å². The van der Waals surface area contributed by atoms with Crippen LogP contribution in [0.3, 0.4) is 0 Å². The SMILES string of the molecule is CCCCCn1cc(-c2ccc3ccccc3c2)nc1N.Cl. The van der Waals surface area contributed by atoms with E-state index >= 15 is 0 Å². The van der Waals surface area contributed by atoms with Crippen molar-refractivity contribution in [2.45, 2.75) is 32.7 Å². The van der Waals surface area contributed by atoms with Crippen LogP contribution >= 0.6 is 12.4 Å². The van der Waals surface area contributed by atoms with Gasteiger partial charge in [-0.05, 0) is 23.3 Å². The highest BCUT2D eigenvalue weighted by Crippen LogP contribution is 2.24. The number of nitrogens with two attached hydrogens (primary N) is 1. The number of aryl methyl sites for hydroxylation is 1. The average molecular weight is 316 g/mol. The zero-order chi connectivity index (χ0) is 14.7.